The van der Waals surface area contributed by atoms with E-state index in [9.17, 15) is 4.79 Å². The number of nitrogens with one attached hydrogen (secondary N) is 2. The zero-order chi connectivity index (χ0) is 28.0. The molecule has 0 saturated heterocycles. The third-order valence-corrected chi connectivity index (χ3v) is 7.57. The number of benzene rings is 5. The Morgan fingerprint density at radius 3 is 2.22 bits per heavy atom. The van der Waals surface area contributed by atoms with E-state index in [0.717, 1.165) is 50.8 Å². The minimum Gasteiger partial charge on any atom is -0.494 e. The quantitative estimate of drug-likeness (QED) is 0.211. The average Bonchev–Trinajstić information content (AvgIpc) is 3.28. The van der Waals surface area contributed by atoms with Crippen LogP contribution in [0.15, 0.2) is 109 Å². The van der Waals surface area contributed by atoms with E-state index >= 15 is 0 Å². The summed E-state index contributed by atoms with van der Waals surface area (Å²) in [7, 11) is 0. The molecule has 5 aromatic rings. The molecular weight excluding hydrogens is 512 g/mol. The van der Waals surface area contributed by atoms with E-state index in [1.807, 2.05) is 123 Å². The van der Waals surface area contributed by atoms with Crippen LogP contribution in [-0.4, -0.2) is 12.6 Å². The van der Waals surface area contributed by atoms with Gasteiger partial charge in [0.15, 0.2) is 5.60 Å². The van der Waals surface area contributed by atoms with Crippen molar-refractivity contribution in [1.29, 1.82) is 0 Å². The molecule has 6 heteroatoms. The first-order valence-electron chi connectivity index (χ1n) is 13.7. The fraction of sp³-hybridized carbons (Fsp3) is 0.114. The van der Waals surface area contributed by atoms with Gasteiger partial charge in [0.1, 0.15) is 17.2 Å². The second kappa shape index (κ2) is 9.75. The van der Waals surface area contributed by atoms with Crippen LogP contribution in [0.2, 0.25) is 0 Å². The fourth-order valence-electron chi connectivity index (χ4n) is 5.68. The molecule has 0 amide bonds. The molecule has 2 heterocycles. The summed E-state index contributed by atoms with van der Waals surface area (Å²) in [6.07, 6.45) is 0. The highest BCUT2D eigenvalue weighted by Gasteiger charge is 2.53. The van der Waals surface area contributed by atoms with Crippen molar-refractivity contribution in [3.63, 3.8) is 0 Å². The lowest BCUT2D eigenvalue weighted by Crippen LogP contribution is -2.33. The summed E-state index contributed by atoms with van der Waals surface area (Å²) < 4.78 is 18.5. The molecule has 41 heavy (non-hydrogen) atoms. The molecule has 0 aromatic heterocycles. The van der Waals surface area contributed by atoms with Crippen LogP contribution in [0.25, 0.3) is 0 Å². The van der Waals surface area contributed by atoms with Crippen molar-refractivity contribution in [3.8, 4) is 17.2 Å². The maximum Gasteiger partial charge on any atom is 0.340 e. The Kier molecular flexibility index (Phi) is 5.89. The van der Waals surface area contributed by atoms with E-state index in [1.54, 1.807) is 0 Å². The molecule has 7 rings (SSSR count). The number of hydrogen-bond acceptors (Lipinski definition) is 6. The van der Waals surface area contributed by atoms with Crippen LogP contribution in [-0.2, 0) is 10.3 Å². The monoisotopic (exact) mass is 540 g/mol. The largest absolute Gasteiger partial charge is 0.494 e. The van der Waals surface area contributed by atoms with Crippen LogP contribution in [0, 0.1) is 6.92 Å². The van der Waals surface area contributed by atoms with Gasteiger partial charge in [-0.2, -0.15) is 0 Å². The van der Waals surface area contributed by atoms with E-state index in [-0.39, 0.29) is 5.97 Å². The van der Waals surface area contributed by atoms with E-state index in [0.29, 0.717) is 23.7 Å². The van der Waals surface area contributed by atoms with Gasteiger partial charge < -0.3 is 24.8 Å². The summed E-state index contributed by atoms with van der Waals surface area (Å²) >= 11 is 0. The first-order valence-corrected chi connectivity index (χ1v) is 13.7. The van der Waals surface area contributed by atoms with Gasteiger partial charge in [0.25, 0.3) is 0 Å². The zero-order valence-electron chi connectivity index (χ0n) is 22.7. The molecule has 2 aliphatic rings. The predicted octanol–water partition coefficient (Wildman–Crippen LogP) is 8.45. The number of esters is 1. The average molecular weight is 541 g/mol. The van der Waals surface area contributed by atoms with E-state index in [2.05, 4.69) is 10.6 Å². The lowest BCUT2D eigenvalue weighted by atomic mass is 9.77. The van der Waals surface area contributed by atoms with Gasteiger partial charge in [0.05, 0.1) is 12.2 Å². The highest BCUT2D eigenvalue weighted by Crippen LogP contribution is 2.57. The van der Waals surface area contributed by atoms with Crippen LogP contribution >= 0.6 is 0 Å². The molecule has 202 valence electrons. The number of carbonyl (C=O) groups excluding carboxylic acids is 1. The Balaban J connectivity index is 1.34. The lowest BCUT2D eigenvalue weighted by Gasteiger charge is -2.37. The molecule has 1 spiro atoms. The molecule has 0 aliphatic carbocycles. The van der Waals surface area contributed by atoms with Crippen molar-refractivity contribution in [2.75, 3.05) is 17.2 Å². The van der Waals surface area contributed by atoms with Crippen LogP contribution in [0.3, 0.4) is 0 Å². The van der Waals surface area contributed by atoms with Gasteiger partial charge in [-0.1, -0.05) is 36.4 Å². The second-order valence-corrected chi connectivity index (χ2v) is 10.2. The normalized spacial score (nSPS) is 16.2. The van der Waals surface area contributed by atoms with Crippen molar-refractivity contribution >= 4 is 28.7 Å². The van der Waals surface area contributed by atoms with Crippen LogP contribution < -0.4 is 20.1 Å². The van der Waals surface area contributed by atoms with Gasteiger partial charge in [-0.25, -0.2) is 4.79 Å². The maximum atomic E-state index is 13.3. The zero-order valence-corrected chi connectivity index (χ0v) is 22.7. The van der Waals surface area contributed by atoms with Gasteiger partial charge in [0, 0.05) is 45.5 Å². The second-order valence-electron chi connectivity index (χ2n) is 10.2. The van der Waals surface area contributed by atoms with Crippen molar-refractivity contribution in [2.45, 2.75) is 19.4 Å². The third kappa shape index (κ3) is 4.16. The summed E-state index contributed by atoms with van der Waals surface area (Å²) in [5.41, 5.74) is 6.43. The van der Waals surface area contributed by atoms with Gasteiger partial charge in [-0.05, 0) is 86.1 Å². The molecule has 1 atom stereocenters. The Morgan fingerprint density at radius 1 is 0.707 bits per heavy atom. The molecule has 2 aliphatic heterocycles. The Bertz CT molecular complexity index is 1780. The molecule has 1 unspecified atom stereocenters. The number of anilines is 4. The number of hydrogen-bond donors (Lipinski definition) is 2. The number of para-hydroxylation sites is 1. The lowest BCUT2D eigenvalue weighted by molar-refractivity contribution is 0.0224. The molecule has 5 aromatic carbocycles. The summed E-state index contributed by atoms with van der Waals surface area (Å²) in [5, 5.41) is 6.97. The first kappa shape index (κ1) is 24.8. The summed E-state index contributed by atoms with van der Waals surface area (Å²) in [5.74, 6) is 1.75. The number of aryl methyl sites for hydroxylation is 1. The predicted molar refractivity (Wildman–Crippen MR) is 160 cm³/mol. The van der Waals surface area contributed by atoms with Gasteiger partial charge >= 0.3 is 5.97 Å². The minimum absolute atomic E-state index is 0.353. The van der Waals surface area contributed by atoms with Crippen LogP contribution in [0.1, 0.15) is 39.5 Å². The van der Waals surface area contributed by atoms with Gasteiger partial charge in [-0.15, -0.1) is 0 Å². The van der Waals surface area contributed by atoms with E-state index < -0.39 is 5.60 Å². The number of carbonyl (C=O) groups is 1. The van der Waals surface area contributed by atoms with Crippen molar-refractivity contribution < 1.29 is 19.0 Å². The molecule has 0 fully saturated rings. The molecule has 0 bridgehead atoms. The summed E-state index contributed by atoms with van der Waals surface area (Å²) in [6, 6.07) is 35.4. The van der Waals surface area contributed by atoms with Crippen molar-refractivity contribution in [2.24, 2.45) is 0 Å². The highest BCUT2D eigenvalue weighted by molar-refractivity contribution is 5.97. The van der Waals surface area contributed by atoms with Gasteiger partial charge in [0.2, 0.25) is 0 Å². The Hall–Kier alpha value is -5.23. The minimum atomic E-state index is -1.14. The molecule has 6 nitrogen and oxygen atoms in total. The van der Waals surface area contributed by atoms with E-state index in [4.69, 9.17) is 14.2 Å². The molecular formula is C35H28N2O4. The van der Waals surface area contributed by atoms with Crippen molar-refractivity contribution in [3.05, 3.63) is 137 Å². The number of rotatable bonds is 6. The third-order valence-electron chi connectivity index (χ3n) is 7.57. The summed E-state index contributed by atoms with van der Waals surface area (Å²) in [4.78, 5) is 13.3. The summed E-state index contributed by atoms with van der Waals surface area (Å²) in [6.45, 7) is 4.62. The standard InChI is InChI=1S/C35H28N2O4/c1-3-39-26-16-13-24(14-17-26)36-25-15-18-29-33(20-25)40-32-19-22(2)31(37-23-9-5-4-6-10-23)21-30(32)35(29)28-12-8-7-11-27(28)34(38)41-35/h4-21,36-37H,3H2,1-2H3. The first-order chi connectivity index (χ1) is 20.0. The number of ether oxygens (including phenoxy) is 3. The molecule has 0 saturated carbocycles. The Morgan fingerprint density at radius 2 is 1.41 bits per heavy atom. The number of fused-ring (bicyclic) bond motifs is 6. The Labute approximate surface area is 238 Å². The smallest absolute Gasteiger partial charge is 0.340 e. The maximum absolute atomic E-state index is 13.3. The van der Waals surface area contributed by atoms with Gasteiger partial charge in [-0.3, -0.25) is 0 Å². The van der Waals surface area contributed by atoms with Crippen molar-refractivity contribution in [1.82, 2.24) is 0 Å². The van der Waals surface area contributed by atoms with Crippen LogP contribution in [0.4, 0.5) is 22.7 Å². The van der Waals surface area contributed by atoms with Crippen LogP contribution in [0.5, 0.6) is 17.2 Å². The van der Waals surface area contributed by atoms with E-state index in [1.165, 1.54) is 0 Å². The highest BCUT2D eigenvalue weighted by atomic mass is 16.6. The fourth-order valence-corrected chi connectivity index (χ4v) is 5.68. The molecule has 0 radical (unpaired) electrons. The molecule has 2 N–H and O–H groups in total. The SMILES string of the molecule is CCOc1ccc(Nc2ccc3c(c2)Oc2cc(C)c(Nc4ccccc4)cc2C32OC(=O)c3ccccc32)cc1. The topological polar surface area (TPSA) is 68.8 Å².